The van der Waals surface area contributed by atoms with Crippen LogP contribution in [0.3, 0.4) is 0 Å². The minimum atomic E-state index is -0.408. The molecule has 0 unspecified atom stereocenters. The molecule has 3 heterocycles. The molecule has 2 atom stereocenters. The molecule has 2 saturated heterocycles. The molecule has 7 heteroatoms. The van der Waals surface area contributed by atoms with Crippen LogP contribution in [0.1, 0.15) is 30.3 Å². The van der Waals surface area contributed by atoms with Gasteiger partial charge in [0.15, 0.2) is 0 Å². The zero-order valence-electron chi connectivity index (χ0n) is 13.5. The average molecular weight is 320 g/mol. The summed E-state index contributed by atoms with van der Waals surface area (Å²) in [5, 5.41) is 10.1. The van der Waals surface area contributed by atoms with Crippen LogP contribution in [0.2, 0.25) is 0 Å². The first kappa shape index (κ1) is 16.3. The molecule has 1 amide bonds. The Bertz CT molecular complexity index is 519. The highest BCUT2D eigenvalue weighted by Crippen LogP contribution is 2.23. The molecule has 1 aromatic rings. The van der Waals surface area contributed by atoms with Crippen molar-refractivity contribution in [1.82, 2.24) is 19.8 Å². The fourth-order valence-corrected chi connectivity index (χ4v) is 3.47. The molecule has 7 nitrogen and oxygen atoms in total. The molecular weight excluding hydrogens is 296 g/mol. The van der Waals surface area contributed by atoms with Crippen LogP contribution in [0.25, 0.3) is 0 Å². The van der Waals surface area contributed by atoms with E-state index >= 15 is 0 Å². The van der Waals surface area contributed by atoms with Gasteiger partial charge < -0.3 is 14.7 Å². The summed E-state index contributed by atoms with van der Waals surface area (Å²) in [5.74, 6) is -0.0507. The van der Waals surface area contributed by atoms with E-state index in [4.69, 9.17) is 4.74 Å². The van der Waals surface area contributed by atoms with E-state index in [-0.39, 0.29) is 12.0 Å². The zero-order valence-corrected chi connectivity index (χ0v) is 13.5. The first-order chi connectivity index (χ1) is 11.2. The van der Waals surface area contributed by atoms with Crippen molar-refractivity contribution in [2.24, 2.45) is 0 Å². The number of carbonyl (C=O) groups excluding carboxylic acids is 1. The van der Waals surface area contributed by atoms with Gasteiger partial charge in [-0.25, -0.2) is 4.98 Å². The third kappa shape index (κ3) is 3.68. The SMILES string of the molecule is CCO[C@@H]1CN(C2CCN(C(=O)c3cnccn3)CC2)C[C@H]1O. The van der Waals surface area contributed by atoms with Crippen molar-refractivity contribution in [2.75, 3.05) is 32.8 Å². The van der Waals surface area contributed by atoms with Crippen molar-refractivity contribution in [3.8, 4) is 0 Å². The summed E-state index contributed by atoms with van der Waals surface area (Å²) >= 11 is 0. The van der Waals surface area contributed by atoms with Gasteiger partial charge in [-0.3, -0.25) is 14.7 Å². The van der Waals surface area contributed by atoms with E-state index in [2.05, 4.69) is 14.9 Å². The van der Waals surface area contributed by atoms with Crippen LogP contribution in [0.15, 0.2) is 18.6 Å². The lowest BCUT2D eigenvalue weighted by Gasteiger charge is -2.36. The Morgan fingerprint density at radius 1 is 1.35 bits per heavy atom. The molecule has 23 heavy (non-hydrogen) atoms. The van der Waals surface area contributed by atoms with E-state index < -0.39 is 6.10 Å². The maximum Gasteiger partial charge on any atom is 0.274 e. The van der Waals surface area contributed by atoms with Gasteiger partial charge in [-0.1, -0.05) is 0 Å². The van der Waals surface area contributed by atoms with E-state index in [0.717, 1.165) is 19.4 Å². The number of piperidine rings is 1. The minimum Gasteiger partial charge on any atom is -0.389 e. The lowest BCUT2D eigenvalue weighted by Crippen LogP contribution is -2.46. The van der Waals surface area contributed by atoms with Gasteiger partial charge in [0, 0.05) is 51.2 Å². The molecule has 3 rings (SSSR count). The van der Waals surface area contributed by atoms with Gasteiger partial charge in [-0.2, -0.15) is 0 Å². The Kier molecular flexibility index (Phi) is 5.20. The van der Waals surface area contributed by atoms with E-state index in [0.29, 0.717) is 38.0 Å². The number of hydrogen-bond acceptors (Lipinski definition) is 6. The molecule has 0 spiro atoms. The van der Waals surface area contributed by atoms with Crippen molar-refractivity contribution in [2.45, 2.75) is 38.0 Å². The van der Waals surface area contributed by atoms with Gasteiger partial charge >= 0.3 is 0 Å². The van der Waals surface area contributed by atoms with Crippen LogP contribution in [0.4, 0.5) is 0 Å². The van der Waals surface area contributed by atoms with Gasteiger partial charge in [-0.05, 0) is 19.8 Å². The molecule has 0 radical (unpaired) electrons. The molecule has 0 aliphatic carbocycles. The molecule has 0 aromatic carbocycles. The number of hydrogen-bond donors (Lipinski definition) is 1. The number of β-amino-alcohol motifs (C(OH)–C–C–N with tert-alkyl or cyclic N) is 1. The first-order valence-electron chi connectivity index (χ1n) is 8.28. The number of aliphatic hydroxyl groups is 1. The number of amides is 1. The lowest BCUT2D eigenvalue weighted by molar-refractivity contribution is -0.00280. The molecule has 2 fully saturated rings. The smallest absolute Gasteiger partial charge is 0.274 e. The van der Waals surface area contributed by atoms with Crippen LogP contribution >= 0.6 is 0 Å². The van der Waals surface area contributed by atoms with E-state index in [1.807, 2.05) is 11.8 Å². The molecule has 0 saturated carbocycles. The van der Waals surface area contributed by atoms with Crippen LogP contribution < -0.4 is 0 Å². The van der Waals surface area contributed by atoms with Gasteiger partial charge in [0.25, 0.3) is 5.91 Å². The summed E-state index contributed by atoms with van der Waals surface area (Å²) in [7, 11) is 0. The second-order valence-electron chi connectivity index (χ2n) is 6.13. The molecule has 2 aliphatic rings. The molecule has 2 aliphatic heterocycles. The lowest BCUT2D eigenvalue weighted by atomic mass is 10.0. The van der Waals surface area contributed by atoms with E-state index in [9.17, 15) is 9.90 Å². The predicted molar refractivity (Wildman–Crippen MR) is 84.0 cm³/mol. The van der Waals surface area contributed by atoms with Crippen molar-refractivity contribution in [1.29, 1.82) is 0 Å². The standard InChI is InChI=1S/C16H24N4O3/c1-2-23-15-11-20(10-14(15)21)12-3-7-19(8-4-12)16(22)13-9-17-5-6-18-13/h5-6,9,12,14-15,21H,2-4,7-8,10-11H2,1H3/t14-,15-/m1/s1. The van der Waals surface area contributed by atoms with E-state index in [1.165, 1.54) is 6.20 Å². The summed E-state index contributed by atoms with van der Waals surface area (Å²) < 4.78 is 5.58. The first-order valence-corrected chi connectivity index (χ1v) is 8.28. The molecule has 1 N–H and O–H groups in total. The minimum absolute atomic E-state index is 0.0507. The number of aromatic nitrogens is 2. The van der Waals surface area contributed by atoms with E-state index in [1.54, 1.807) is 12.4 Å². The maximum absolute atomic E-state index is 12.4. The van der Waals surface area contributed by atoms with Crippen molar-refractivity contribution in [3.05, 3.63) is 24.3 Å². The normalized spacial score (nSPS) is 26.6. The van der Waals surface area contributed by atoms with Crippen LogP contribution in [0, 0.1) is 0 Å². The second kappa shape index (κ2) is 7.33. The zero-order chi connectivity index (χ0) is 16.2. The maximum atomic E-state index is 12.4. The summed E-state index contributed by atoms with van der Waals surface area (Å²) in [6, 6.07) is 0.404. The fraction of sp³-hybridized carbons (Fsp3) is 0.688. The Morgan fingerprint density at radius 2 is 2.13 bits per heavy atom. The molecule has 1 aromatic heterocycles. The number of aliphatic hydroxyl groups excluding tert-OH is 1. The number of nitrogens with zero attached hydrogens (tertiary/aromatic N) is 4. The highest BCUT2D eigenvalue weighted by Gasteiger charge is 2.37. The fourth-order valence-electron chi connectivity index (χ4n) is 3.47. The van der Waals surface area contributed by atoms with Crippen molar-refractivity contribution < 1.29 is 14.6 Å². The van der Waals surface area contributed by atoms with Crippen LogP contribution in [-0.4, -0.2) is 81.8 Å². The molecular formula is C16H24N4O3. The quantitative estimate of drug-likeness (QED) is 0.851. The third-order valence-electron chi connectivity index (χ3n) is 4.70. The van der Waals surface area contributed by atoms with Gasteiger partial charge in [0.05, 0.1) is 18.4 Å². The Labute approximate surface area is 136 Å². The van der Waals surface area contributed by atoms with Crippen molar-refractivity contribution in [3.63, 3.8) is 0 Å². The summed E-state index contributed by atoms with van der Waals surface area (Å²) in [6.45, 7) is 5.44. The Hall–Kier alpha value is -1.57. The topological polar surface area (TPSA) is 78.8 Å². The van der Waals surface area contributed by atoms with Gasteiger partial charge in [-0.15, -0.1) is 0 Å². The summed E-state index contributed by atoms with van der Waals surface area (Å²) in [5.41, 5.74) is 0.402. The second-order valence-corrected chi connectivity index (χ2v) is 6.13. The largest absolute Gasteiger partial charge is 0.389 e. The number of carbonyl (C=O) groups is 1. The average Bonchev–Trinajstić information content (AvgIpc) is 2.96. The third-order valence-corrected chi connectivity index (χ3v) is 4.70. The van der Waals surface area contributed by atoms with Gasteiger partial charge in [0.1, 0.15) is 5.69 Å². The predicted octanol–water partition coefficient (Wildman–Crippen LogP) is 0.163. The van der Waals surface area contributed by atoms with Gasteiger partial charge in [0.2, 0.25) is 0 Å². The van der Waals surface area contributed by atoms with Crippen LogP contribution in [-0.2, 0) is 4.74 Å². The number of rotatable bonds is 4. The van der Waals surface area contributed by atoms with Crippen LogP contribution in [0.5, 0.6) is 0 Å². The highest BCUT2D eigenvalue weighted by molar-refractivity contribution is 5.92. The molecule has 126 valence electrons. The number of ether oxygens (including phenoxy) is 1. The van der Waals surface area contributed by atoms with Crippen molar-refractivity contribution >= 4 is 5.91 Å². The highest BCUT2D eigenvalue weighted by atomic mass is 16.5. The number of likely N-dealkylation sites (tertiary alicyclic amines) is 2. The summed E-state index contributed by atoms with van der Waals surface area (Å²) in [4.78, 5) is 24.5. The Morgan fingerprint density at radius 3 is 2.78 bits per heavy atom. The Balaban J connectivity index is 1.52. The monoisotopic (exact) mass is 320 g/mol. The summed E-state index contributed by atoms with van der Waals surface area (Å²) in [6.07, 6.45) is 5.96. The molecule has 0 bridgehead atoms.